The van der Waals surface area contributed by atoms with Crippen LogP contribution in [0.2, 0.25) is 0 Å². The smallest absolute Gasteiger partial charge is 0.326 e. The Bertz CT molecular complexity index is 775. The number of carboxylic acids is 1. The van der Waals surface area contributed by atoms with Crippen molar-refractivity contribution in [1.29, 1.82) is 5.26 Å². The fraction of sp³-hybridized carbons (Fsp3) is 0.105. The first kappa shape index (κ1) is 17.0. The molecular weight excluding hydrogens is 304 g/mol. The Morgan fingerprint density at radius 1 is 1.12 bits per heavy atom. The van der Waals surface area contributed by atoms with Crippen LogP contribution >= 0.6 is 0 Å². The van der Waals surface area contributed by atoms with E-state index in [1.165, 1.54) is 24.3 Å². The lowest BCUT2D eigenvalue weighted by molar-refractivity contribution is -0.139. The number of aliphatic carboxylic acids is 1. The molecule has 24 heavy (non-hydrogen) atoms. The van der Waals surface area contributed by atoms with E-state index in [1.807, 2.05) is 42.5 Å². The molecular formula is C19H16N2O3. The molecule has 0 heterocycles. The number of rotatable bonds is 6. The second kappa shape index (κ2) is 8.30. The molecule has 2 N–H and O–H groups in total. The molecule has 0 unspecified atom stereocenters. The van der Waals surface area contributed by atoms with Gasteiger partial charge in [0.1, 0.15) is 6.04 Å². The Balaban J connectivity index is 2.00. The van der Waals surface area contributed by atoms with Gasteiger partial charge in [-0.1, -0.05) is 42.5 Å². The molecule has 0 aliphatic carbocycles. The number of amides is 1. The van der Waals surface area contributed by atoms with Gasteiger partial charge in [-0.25, -0.2) is 4.79 Å². The van der Waals surface area contributed by atoms with Crippen molar-refractivity contribution in [2.45, 2.75) is 12.5 Å². The highest BCUT2D eigenvalue weighted by Gasteiger charge is 2.19. The van der Waals surface area contributed by atoms with Gasteiger partial charge in [-0.2, -0.15) is 5.26 Å². The van der Waals surface area contributed by atoms with Crippen LogP contribution in [0.4, 0.5) is 0 Å². The molecule has 0 aromatic heterocycles. The molecule has 1 amide bonds. The highest BCUT2D eigenvalue weighted by atomic mass is 16.4. The van der Waals surface area contributed by atoms with Gasteiger partial charge in [-0.15, -0.1) is 0 Å². The van der Waals surface area contributed by atoms with E-state index in [0.717, 1.165) is 5.56 Å². The van der Waals surface area contributed by atoms with Crippen LogP contribution in [-0.2, 0) is 4.79 Å². The van der Waals surface area contributed by atoms with Crippen LogP contribution in [0.3, 0.4) is 0 Å². The minimum atomic E-state index is -1.10. The van der Waals surface area contributed by atoms with Gasteiger partial charge in [0.15, 0.2) is 0 Å². The molecule has 0 bridgehead atoms. The van der Waals surface area contributed by atoms with E-state index in [-0.39, 0.29) is 6.42 Å². The lowest BCUT2D eigenvalue weighted by atomic mass is 10.1. The van der Waals surface area contributed by atoms with E-state index in [4.69, 9.17) is 5.26 Å². The van der Waals surface area contributed by atoms with Gasteiger partial charge in [-0.05, 0) is 36.2 Å². The molecule has 0 fully saturated rings. The second-order valence-corrected chi connectivity index (χ2v) is 5.10. The van der Waals surface area contributed by atoms with Crippen molar-refractivity contribution in [2.24, 2.45) is 0 Å². The first-order valence-corrected chi connectivity index (χ1v) is 7.35. The van der Waals surface area contributed by atoms with Gasteiger partial charge in [0.05, 0.1) is 11.6 Å². The highest BCUT2D eigenvalue weighted by Crippen LogP contribution is 2.06. The summed E-state index contributed by atoms with van der Waals surface area (Å²) >= 11 is 0. The molecule has 0 aliphatic heterocycles. The average molecular weight is 320 g/mol. The summed E-state index contributed by atoms with van der Waals surface area (Å²) < 4.78 is 0. The number of nitriles is 1. The maximum absolute atomic E-state index is 12.1. The first-order valence-electron chi connectivity index (χ1n) is 7.35. The van der Waals surface area contributed by atoms with Gasteiger partial charge in [0.2, 0.25) is 0 Å². The van der Waals surface area contributed by atoms with E-state index in [0.29, 0.717) is 11.1 Å². The SMILES string of the molecule is N#Cc1ccc(C(=O)N[C@@H](C/C=C/c2ccccc2)C(=O)O)cc1. The summed E-state index contributed by atoms with van der Waals surface area (Å²) in [6, 6.07) is 16.4. The lowest BCUT2D eigenvalue weighted by Crippen LogP contribution is -2.40. The normalized spacial score (nSPS) is 11.6. The minimum absolute atomic E-state index is 0.173. The van der Waals surface area contributed by atoms with Crippen LogP contribution in [0, 0.1) is 11.3 Å². The summed E-state index contributed by atoms with van der Waals surface area (Å²) in [4.78, 5) is 23.4. The van der Waals surface area contributed by atoms with Crippen LogP contribution in [-0.4, -0.2) is 23.0 Å². The summed E-state index contributed by atoms with van der Waals surface area (Å²) in [7, 11) is 0. The number of hydrogen-bond donors (Lipinski definition) is 2. The van der Waals surface area contributed by atoms with Gasteiger partial charge in [0, 0.05) is 5.56 Å². The predicted octanol–water partition coefficient (Wildman–Crippen LogP) is 2.84. The van der Waals surface area contributed by atoms with E-state index >= 15 is 0 Å². The average Bonchev–Trinajstić information content (AvgIpc) is 2.61. The molecule has 0 saturated carbocycles. The van der Waals surface area contributed by atoms with Crippen molar-refractivity contribution in [2.75, 3.05) is 0 Å². The molecule has 2 rings (SSSR count). The Morgan fingerprint density at radius 3 is 2.38 bits per heavy atom. The fourth-order valence-electron chi connectivity index (χ4n) is 2.06. The molecule has 2 aromatic carbocycles. The van der Waals surface area contributed by atoms with Gasteiger partial charge < -0.3 is 10.4 Å². The summed E-state index contributed by atoms with van der Waals surface area (Å²) in [5, 5.41) is 20.5. The summed E-state index contributed by atoms with van der Waals surface area (Å²) in [5.74, 6) is -1.59. The van der Waals surface area contributed by atoms with Crippen LogP contribution in [0.1, 0.15) is 27.9 Å². The molecule has 0 spiro atoms. The predicted molar refractivity (Wildman–Crippen MR) is 90.1 cm³/mol. The molecule has 5 nitrogen and oxygen atoms in total. The fourth-order valence-corrected chi connectivity index (χ4v) is 2.06. The second-order valence-electron chi connectivity index (χ2n) is 5.10. The maximum Gasteiger partial charge on any atom is 0.326 e. The van der Waals surface area contributed by atoms with Gasteiger partial charge in [0.25, 0.3) is 5.91 Å². The quantitative estimate of drug-likeness (QED) is 0.856. The summed E-state index contributed by atoms with van der Waals surface area (Å²) in [6.07, 6.45) is 3.70. The van der Waals surface area contributed by atoms with Crippen LogP contribution in [0.5, 0.6) is 0 Å². The number of nitrogens with zero attached hydrogens (tertiary/aromatic N) is 1. The summed E-state index contributed by atoms with van der Waals surface area (Å²) in [6.45, 7) is 0. The van der Waals surface area contributed by atoms with Crippen LogP contribution < -0.4 is 5.32 Å². The van der Waals surface area contributed by atoms with E-state index in [9.17, 15) is 14.7 Å². The molecule has 0 saturated heterocycles. The monoisotopic (exact) mass is 320 g/mol. The molecule has 1 atom stereocenters. The third kappa shape index (κ3) is 4.82. The highest BCUT2D eigenvalue weighted by molar-refractivity contribution is 5.96. The number of benzene rings is 2. The standard InChI is InChI=1S/C19H16N2O3/c20-13-15-9-11-16(12-10-15)18(22)21-17(19(23)24)8-4-7-14-5-2-1-3-6-14/h1-7,9-12,17H,8H2,(H,21,22)(H,23,24)/b7-4+/t17-/m0/s1. The molecule has 2 aromatic rings. The van der Waals surface area contributed by atoms with Crippen molar-refractivity contribution in [3.05, 3.63) is 77.4 Å². The number of carbonyl (C=O) groups excluding carboxylic acids is 1. The zero-order valence-corrected chi connectivity index (χ0v) is 12.8. The third-order valence-electron chi connectivity index (χ3n) is 3.36. The minimum Gasteiger partial charge on any atom is -0.480 e. The van der Waals surface area contributed by atoms with E-state index in [2.05, 4.69) is 5.32 Å². The third-order valence-corrected chi connectivity index (χ3v) is 3.36. The molecule has 0 radical (unpaired) electrons. The van der Waals surface area contributed by atoms with Crippen molar-refractivity contribution in [3.63, 3.8) is 0 Å². The number of carboxylic acid groups (broad SMARTS) is 1. The van der Waals surface area contributed by atoms with Gasteiger partial charge >= 0.3 is 5.97 Å². The van der Waals surface area contributed by atoms with E-state index < -0.39 is 17.9 Å². The van der Waals surface area contributed by atoms with Crippen molar-refractivity contribution in [1.82, 2.24) is 5.32 Å². The zero-order valence-electron chi connectivity index (χ0n) is 12.8. The Labute approximate surface area is 139 Å². The molecule has 5 heteroatoms. The van der Waals surface area contributed by atoms with Crippen molar-refractivity contribution in [3.8, 4) is 6.07 Å². The zero-order chi connectivity index (χ0) is 17.4. The maximum atomic E-state index is 12.1. The molecule has 0 aliphatic rings. The Kier molecular flexibility index (Phi) is 5.87. The number of hydrogen-bond acceptors (Lipinski definition) is 3. The Morgan fingerprint density at radius 2 is 1.79 bits per heavy atom. The number of nitrogens with one attached hydrogen (secondary N) is 1. The van der Waals surface area contributed by atoms with Gasteiger partial charge in [-0.3, -0.25) is 4.79 Å². The van der Waals surface area contributed by atoms with Crippen LogP contribution in [0.25, 0.3) is 6.08 Å². The van der Waals surface area contributed by atoms with Crippen molar-refractivity contribution < 1.29 is 14.7 Å². The van der Waals surface area contributed by atoms with Crippen molar-refractivity contribution >= 4 is 18.0 Å². The Hall–Kier alpha value is -3.39. The number of carbonyl (C=O) groups is 2. The summed E-state index contributed by atoms with van der Waals surface area (Å²) in [5.41, 5.74) is 1.71. The topological polar surface area (TPSA) is 90.2 Å². The lowest BCUT2D eigenvalue weighted by Gasteiger charge is -2.12. The first-order chi connectivity index (χ1) is 11.6. The van der Waals surface area contributed by atoms with Crippen LogP contribution in [0.15, 0.2) is 60.7 Å². The largest absolute Gasteiger partial charge is 0.480 e. The molecule has 120 valence electrons. The van der Waals surface area contributed by atoms with E-state index in [1.54, 1.807) is 6.08 Å².